The number of fused-ring (bicyclic) bond motifs is 1. The van der Waals surface area contributed by atoms with Gasteiger partial charge in [0.15, 0.2) is 0 Å². The van der Waals surface area contributed by atoms with Crippen molar-refractivity contribution in [3.8, 4) is 0 Å². The van der Waals surface area contributed by atoms with Crippen LogP contribution in [0.2, 0.25) is 0 Å². The smallest absolute Gasteiger partial charge is 0.416 e. The Labute approximate surface area is 143 Å². The number of benzene rings is 2. The molecule has 0 unspecified atom stereocenters. The van der Waals surface area contributed by atoms with Crippen LogP contribution in [0, 0.1) is 0 Å². The lowest BCUT2D eigenvalue weighted by Gasteiger charge is -2.07. The molecule has 2 N–H and O–H groups in total. The molecule has 6 heteroatoms. The number of rotatable bonds is 3. The van der Waals surface area contributed by atoms with Crippen LogP contribution in [0.5, 0.6) is 0 Å². The van der Waals surface area contributed by atoms with E-state index in [-0.39, 0.29) is 5.56 Å². The first-order chi connectivity index (χ1) is 11.8. The topological polar surface area (TPSA) is 53.1 Å². The average Bonchev–Trinajstić information content (AvgIpc) is 2.97. The SMILES string of the molecule is CC.O=C(O)c1ccc2[nH]c(Cc3ccc(C(F)(F)F)cc3)cc2c1. The number of nitrogens with one attached hydrogen (secondary N) is 1. The van der Waals surface area contributed by atoms with Crippen LogP contribution in [0.4, 0.5) is 13.2 Å². The van der Waals surface area contributed by atoms with Gasteiger partial charge < -0.3 is 10.1 Å². The summed E-state index contributed by atoms with van der Waals surface area (Å²) < 4.78 is 37.6. The van der Waals surface area contributed by atoms with Crippen molar-refractivity contribution in [2.75, 3.05) is 0 Å². The summed E-state index contributed by atoms with van der Waals surface area (Å²) in [5, 5.41) is 9.73. The lowest BCUT2D eigenvalue weighted by molar-refractivity contribution is -0.137. The Morgan fingerprint density at radius 1 is 1.04 bits per heavy atom. The number of H-pyrrole nitrogens is 1. The van der Waals surface area contributed by atoms with E-state index in [0.29, 0.717) is 6.42 Å². The van der Waals surface area contributed by atoms with Gasteiger partial charge in [-0.3, -0.25) is 0 Å². The maximum Gasteiger partial charge on any atom is 0.416 e. The summed E-state index contributed by atoms with van der Waals surface area (Å²) in [5.41, 5.74) is 1.85. The van der Waals surface area contributed by atoms with Crippen LogP contribution in [0.1, 0.15) is 41.0 Å². The van der Waals surface area contributed by atoms with Gasteiger partial charge >= 0.3 is 12.1 Å². The third-order valence-electron chi connectivity index (χ3n) is 3.60. The van der Waals surface area contributed by atoms with Gasteiger partial charge in [0.25, 0.3) is 0 Å². The average molecular weight is 349 g/mol. The molecule has 0 aliphatic heterocycles. The van der Waals surface area contributed by atoms with Crippen LogP contribution in [0.3, 0.4) is 0 Å². The molecule has 0 atom stereocenters. The maximum atomic E-state index is 12.5. The summed E-state index contributed by atoms with van der Waals surface area (Å²) in [6.07, 6.45) is -3.90. The molecule has 0 aliphatic carbocycles. The second-order valence-corrected chi connectivity index (χ2v) is 5.27. The van der Waals surface area contributed by atoms with Crippen LogP contribution in [0.15, 0.2) is 48.5 Å². The van der Waals surface area contributed by atoms with Crippen molar-refractivity contribution in [1.29, 1.82) is 0 Å². The van der Waals surface area contributed by atoms with E-state index in [0.717, 1.165) is 34.3 Å². The molecule has 1 aromatic heterocycles. The van der Waals surface area contributed by atoms with Gasteiger partial charge in [-0.15, -0.1) is 0 Å². The standard InChI is InChI=1S/C17H12F3NO2.C2H6/c18-17(19,20)13-4-1-10(2-5-13)7-14-9-12-8-11(16(22)23)3-6-15(12)21-14;1-2/h1-6,8-9,21H,7H2,(H,22,23);1-2H3. The monoisotopic (exact) mass is 349 g/mol. The molecule has 3 aromatic rings. The van der Waals surface area contributed by atoms with Crippen LogP contribution in [0.25, 0.3) is 10.9 Å². The zero-order chi connectivity index (χ0) is 18.6. The summed E-state index contributed by atoms with van der Waals surface area (Å²) in [6.45, 7) is 4.00. The normalized spacial score (nSPS) is 11.1. The number of aromatic nitrogens is 1. The lowest BCUT2D eigenvalue weighted by Crippen LogP contribution is -2.04. The van der Waals surface area contributed by atoms with E-state index >= 15 is 0 Å². The van der Waals surface area contributed by atoms with E-state index in [9.17, 15) is 18.0 Å². The molecule has 0 amide bonds. The largest absolute Gasteiger partial charge is 0.478 e. The van der Waals surface area contributed by atoms with Crippen molar-refractivity contribution < 1.29 is 23.1 Å². The lowest BCUT2D eigenvalue weighted by atomic mass is 10.1. The number of carbonyl (C=O) groups is 1. The van der Waals surface area contributed by atoms with Crippen molar-refractivity contribution in [2.24, 2.45) is 0 Å². The van der Waals surface area contributed by atoms with E-state index in [2.05, 4.69) is 4.98 Å². The molecule has 132 valence electrons. The Morgan fingerprint density at radius 2 is 1.68 bits per heavy atom. The number of carboxylic acid groups (broad SMARTS) is 1. The predicted molar refractivity (Wildman–Crippen MR) is 90.9 cm³/mol. The predicted octanol–water partition coefficient (Wildman–Crippen LogP) is 5.50. The number of aromatic amines is 1. The zero-order valence-electron chi connectivity index (χ0n) is 13.8. The fourth-order valence-electron chi connectivity index (χ4n) is 2.45. The number of carboxylic acids is 1. The first kappa shape index (κ1) is 18.6. The van der Waals surface area contributed by atoms with Gasteiger partial charge in [0.1, 0.15) is 0 Å². The Morgan fingerprint density at radius 3 is 2.24 bits per heavy atom. The number of alkyl halides is 3. The van der Waals surface area contributed by atoms with Crippen molar-refractivity contribution in [1.82, 2.24) is 4.98 Å². The molecule has 0 spiro atoms. The molecule has 0 saturated carbocycles. The van der Waals surface area contributed by atoms with Gasteiger partial charge in [0, 0.05) is 23.0 Å². The molecule has 2 aromatic carbocycles. The van der Waals surface area contributed by atoms with Crippen molar-refractivity contribution in [2.45, 2.75) is 26.4 Å². The van der Waals surface area contributed by atoms with Crippen molar-refractivity contribution in [3.05, 3.63) is 70.9 Å². The fraction of sp³-hybridized carbons (Fsp3) is 0.211. The van der Waals surface area contributed by atoms with Crippen molar-refractivity contribution >= 4 is 16.9 Å². The molecule has 3 rings (SSSR count). The minimum Gasteiger partial charge on any atom is -0.478 e. The highest BCUT2D eigenvalue weighted by atomic mass is 19.4. The third kappa shape index (κ3) is 4.41. The highest BCUT2D eigenvalue weighted by Gasteiger charge is 2.29. The van der Waals surface area contributed by atoms with Crippen LogP contribution >= 0.6 is 0 Å². The molecule has 3 nitrogen and oxygen atoms in total. The second-order valence-electron chi connectivity index (χ2n) is 5.27. The van der Waals surface area contributed by atoms with Gasteiger partial charge in [0.2, 0.25) is 0 Å². The van der Waals surface area contributed by atoms with Gasteiger partial charge in [-0.05, 0) is 42.0 Å². The maximum absolute atomic E-state index is 12.5. The number of hydrogen-bond donors (Lipinski definition) is 2. The van der Waals surface area contributed by atoms with Gasteiger partial charge in [-0.25, -0.2) is 4.79 Å². The Bertz CT molecular complexity index is 865. The third-order valence-corrected chi connectivity index (χ3v) is 3.60. The Hall–Kier alpha value is -2.76. The molecule has 0 saturated heterocycles. The highest BCUT2D eigenvalue weighted by molar-refractivity contribution is 5.93. The van der Waals surface area contributed by atoms with Gasteiger partial charge in [0.05, 0.1) is 11.1 Å². The Balaban J connectivity index is 0.00000109. The number of halogens is 3. The molecule has 25 heavy (non-hydrogen) atoms. The van der Waals surface area contributed by atoms with E-state index in [4.69, 9.17) is 5.11 Å². The minimum atomic E-state index is -4.34. The Kier molecular flexibility index (Phi) is 5.51. The van der Waals surface area contributed by atoms with Crippen LogP contribution < -0.4 is 0 Å². The number of aromatic carboxylic acids is 1. The molecule has 1 heterocycles. The van der Waals surface area contributed by atoms with Gasteiger partial charge in [-0.2, -0.15) is 13.2 Å². The fourth-order valence-corrected chi connectivity index (χ4v) is 2.45. The van der Waals surface area contributed by atoms with E-state index in [1.807, 2.05) is 13.8 Å². The zero-order valence-corrected chi connectivity index (χ0v) is 13.8. The molecular formula is C19H18F3NO2. The van der Waals surface area contributed by atoms with Crippen LogP contribution in [-0.2, 0) is 12.6 Å². The molecule has 0 fully saturated rings. The highest BCUT2D eigenvalue weighted by Crippen LogP contribution is 2.29. The molecular weight excluding hydrogens is 331 g/mol. The summed E-state index contributed by atoms with van der Waals surface area (Å²) >= 11 is 0. The summed E-state index contributed by atoms with van der Waals surface area (Å²) in [7, 11) is 0. The second kappa shape index (κ2) is 7.42. The van der Waals surface area contributed by atoms with E-state index < -0.39 is 17.7 Å². The summed E-state index contributed by atoms with van der Waals surface area (Å²) in [4.78, 5) is 14.1. The van der Waals surface area contributed by atoms with Gasteiger partial charge in [-0.1, -0.05) is 26.0 Å². The van der Waals surface area contributed by atoms with Crippen LogP contribution in [-0.4, -0.2) is 16.1 Å². The summed E-state index contributed by atoms with van der Waals surface area (Å²) in [5.74, 6) is -1.00. The quantitative estimate of drug-likeness (QED) is 0.656. The molecule has 0 radical (unpaired) electrons. The van der Waals surface area contributed by atoms with E-state index in [1.165, 1.54) is 18.2 Å². The van der Waals surface area contributed by atoms with E-state index in [1.54, 1.807) is 18.2 Å². The molecule has 0 bridgehead atoms. The summed E-state index contributed by atoms with van der Waals surface area (Å²) in [6, 6.07) is 11.5. The first-order valence-corrected chi connectivity index (χ1v) is 7.84. The first-order valence-electron chi connectivity index (χ1n) is 7.84. The molecule has 0 aliphatic rings. The minimum absolute atomic E-state index is 0.192. The van der Waals surface area contributed by atoms with Crippen molar-refractivity contribution in [3.63, 3.8) is 0 Å². The number of hydrogen-bond acceptors (Lipinski definition) is 1.